The molecule has 7 nitrogen and oxygen atoms in total. The highest BCUT2D eigenvalue weighted by molar-refractivity contribution is 7.89. The van der Waals surface area contributed by atoms with E-state index in [1.165, 1.54) is 0 Å². The van der Waals surface area contributed by atoms with Crippen molar-refractivity contribution in [1.82, 2.24) is 20.2 Å². The molecule has 1 aromatic rings. The third-order valence-corrected chi connectivity index (χ3v) is 4.62. The van der Waals surface area contributed by atoms with Crippen LogP contribution in [0.15, 0.2) is 5.03 Å². The van der Waals surface area contributed by atoms with Crippen LogP contribution in [0.2, 0.25) is 0 Å². The number of sulfonamides is 1. The van der Waals surface area contributed by atoms with E-state index in [-0.39, 0.29) is 11.1 Å². The minimum absolute atomic E-state index is 0.0740. The van der Waals surface area contributed by atoms with Crippen LogP contribution in [0.3, 0.4) is 0 Å². The zero-order chi connectivity index (χ0) is 13.9. The van der Waals surface area contributed by atoms with Crippen molar-refractivity contribution >= 4 is 10.0 Å². The van der Waals surface area contributed by atoms with Crippen LogP contribution in [0.25, 0.3) is 0 Å². The lowest BCUT2D eigenvalue weighted by atomic mass is 10.1. The molecule has 2 rings (SSSR count). The van der Waals surface area contributed by atoms with Crippen molar-refractivity contribution in [3.05, 3.63) is 11.3 Å². The fraction of sp³-hybridized carbons (Fsp3) is 0.727. The van der Waals surface area contributed by atoms with Gasteiger partial charge in [0.1, 0.15) is 0 Å². The first kappa shape index (κ1) is 14.4. The molecule has 1 atom stereocenters. The van der Waals surface area contributed by atoms with Gasteiger partial charge in [0.05, 0.1) is 6.61 Å². The predicted octanol–water partition coefficient (Wildman–Crippen LogP) is -0.105. The number of H-pyrrole nitrogens is 1. The molecule has 1 unspecified atom stereocenters. The van der Waals surface area contributed by atoms with Gasteiger partial charge in [-0.15, -0.1) is 0 Å². The Balaban J connectivity index is 2.18. The molecule has 0 amide bonds. The standard InChI is InChI=1S/C11H20N4O3S/c1-8-10(6-12-2)11(14-13-8)19(16,17)15-9-4-3-5-18-7-9/h9,12,15H,3-7H2,1-2H3,(H,13,14). The van der Waals surface area contributed by atoms with Crippen molar-refractivity contribution in [2.75, 3.05) is 20.3 Å². The molecule has 2 heterocycles. The highest BCUT2D eigenvalue weighted by atomic mass is 32.2. The fourth-order valence-corrected chi connectivity index (χ4v) is 3.60. The molecular weight excluding hydrogens is 268 g/mol. The van der Waals surface area contributed by atoms with Gasteiger partial charge in [-0.1, -0.05) is 0 Å². The van der Waals surface area contributed by atoms with Crippen LogP contribution >= 0.6 is 0 Å². The summed E-state index contributed by atoms with van der Waals surface area (Å²) in [4.78, 5) is 0. The predicted molar refractivity (Wildman–Crippen MR) is 70.3 cm³/mol. The molecule has 3 N–H and O–H groups in total. The average molecular weight is 288 g/mol. The van der Waals surface area contributed by atoms with E-state index in [1.807, 2.05) is 6.92 Å². The Morgan fingerprint density at radius 2 is 2.32 bits per heavy atom. The number of aromatic nitrogens is 2. The van der Waals surface area contributed by atoms with E-state index < -0.39 is 10.0 Å². The number of aryl methyl sites for hydroxylation is 1. The second kappa shape index (κ2) is 6.00. The molecule has 0 bridgehead atoms. The van der Waals surface area contributed by atoms with Crippen molar-refractivity contribution in [3.8, 4) is 0 Å². The van der Waals surface area contributed by atoms with E-state index >= 15 is 0 Å². The maximum absolute atomic E-state index is 12.3. The third-order valence-electron chi connectivity index (χ3n) is 3.13. The molecule has 1 aliphatic rings. The maximum Gasteiger partial charge on any atom is 0.260 e. The summed E-state index contributed by atoms with van der Waals surface area (Å²) in [5.41, 5.74) is 1.43. The molecule has 1 aromatic heterocycles. The van der Waals surface area contributed by atoms with E-state index in [0.29, 0.717) is 25.3 Å². The Hall–Kier alpha value is -0.960. The summed E-state index contributed by atoms with van der Waals surface area (Å²) in [6.45, 7) is 3.39. The first-order chi connectivity index (χ1) is 9.04. The summed E-state index contributed by atoms with van der Waals surface area (Å²) >= 11 is 0. The molecule has 108 valence electrons. The molecule has 1 fully saturated rings. The molecule has 1 aliphatic heterocycles. The van der Waals surface area contributed by atoms with Gasteiger partial charge in [0.15, 0.2) is 5.03 Å². The van der Waals surface area contributed by atoms with Crippen LogP contribution in [-0.4, -0.2) is 44.9 Å². The Labute approximate surface area is 113 Å². The molecule has 0 aliphatic carbocycles. The van der Waals surface area contributed by atoms with Gasteiger partial charge in [-0.3, -0.25) is 5.10 Å². The van der Waals surface area contributed by atoms with Gasteiger partial charge < -0.3 is 10.1 Å². The zero-order valence-electron chi connectivity index (χ0n) is 11.2. The Morgan fingerprint density at radius 3 is 2.95 bits per heavy atom. The van der Waals surface area contributed by atoms with Crippen molar-refractivity contribution in [2.24, 2.45) is 0 Å². The molecule has 19 heavy (non-hydrogen) atoms. The van der Waals surface area contributed by atoms with Crippen molar-refractivity contribution < 1.29 is 13.2 Å². The van der Waals surface area contributed by atoms with Gasteiger partial charge in [0.2, 0.25) is 0 Å². The minimum atomic E-state index is -3.60. The van der Waals surface area contributed by atoms with Crippen LogP contribution < -0.4 is 10.0 Å². The lowest BCUT2D eigenvalue weighted by Crippen LogP contribution is -2.41. The molecule has 1 saturated heterocycles. The quantitative estimate of drug-likeness (QED) is 0.703. The van der Waals surface area contributed by atoms with Gasteiger partial charge in [0.25, 0.3) is 10.0 Å². The van der Waals surface area contributed by atoms with Gasteiger partial charge in [-0.25, -0.2) is 13.1 Å². The Morgan fingerprint density at radius 1 is 1.53 bits per heavy atom. The molecule has 8 heteroatoms. The third kappa shape index (κ3) is 3.33. The number of aromatic amines is 1. The normalized spacial score (nSPS) is 20.6. The largest absolute Gasteiger partial charge is 0.380 e. The summed E-state index contributed by atoms with van der Waals surface area (Å²) in [6, 6.07) is -0.168. The number of rotatable bonds is 5. The van der Waals surface area contributed by atoms with Gasteiger partial charge in [-0.2, -0.15) is 5.10 Å². The fourth-order valence-electron chi connectivity index (χ4n) is 2.15. The van der Waals surface area contributed by atoms with Gasteiger partial charge >= 0.3 is 0 Å². The molecule has 0 radical (unpaired) electrons. The van der Waals surface area contributed by atoms with Crippen LogP contribution in [0.4, 0.5) is 0 Å². The van der Waals surface area contributed by atoms with Crippen LogP contribution in [0.1, 0.15) is 24.1 Å². The SMILES string of the molecule is CNCc1c(S(=O)(=O)NC2CCCOC2)n[nH]c1C. The van der Waals surface area contributed by atoms with Gasteiger partial charge in [0, 0.05) is 30.5 Å². The highest BCUT2D eigenvalue weighted by Gasteiger charge is 2.27. The molecular formula is C11H20N4O3S. The number of nitrogens with zero attached hydrogens (tertiary/aromatic N) is 1. The lowest BCUT2D eigenvalue weighted by molar-refractivity contribution is 0.0774. The first-order valence-electron chi connectivity index (χ1n) is 6.33. The Kier molecular flexibility index (Phi) is 4.56. The Bertz CT molecular complexity index is 520. The summed E-state index contributed by atoms with van der Waals surface area (Å²) in [5.74, 6) is 0. The zero-order valence-corrected chi connectivity index (χ0v) is 12.0. The van der Waals surface area contributed by atoms with E-state index in [4.69, 9.17) is 4.74 Å². The van der Waals surface area contributed by atoms with Crippen molar-refractivity contribution in [2.45, 2.75) is 37.4 Å². The number of hydrogen-bond donors (Lipinski definition) is 3. The van der Waals surface area contributed by atoms with Crippen molar-refractivity contribution in [3.63, 3.8) is 0 Å². The second-order valence-corrected chi connectivity index (χ2v) is 6.33. The van der Waals surface area contributed by atoms with Gasteiger partial charge in [-0.05, 0) is 26.8 Å². The summed E-state index contributed by atoms with van der Waals surface area (Å²) in [5, 5.41) is 9.66. The van der Waals surface area contributed by atoms with E-state index in [0.717, 1.165) is 18.5 Å². The summed E-state index contributed by atoms with van der Waals surface area (Å²) in [7, 11) is -1.84. The molecule has 0 aromatic carbocycles. The summed E-state index contributed by atoms with van der Waals surface area (Å²) < 4.78 is 32.6. The highest BCUT2D eigenvalue weighted by Crippen LogP contribution is 2.17. The topological polar surface area (TPSA) is 96.1 Å². The molecule has 0 saturated carbocycles. The number of ether oxygens (including phenoxy) is 1. The molecule has 0 spiro atoms. The van der Waals surface area contributed by atoms with E-state index in [1.54, 1.807) is 7.05 Å². The average Bonchev–Trinajstić information content (AvgIpc) is 2.73. The van der Waals surface area contributed by atoms with Crippen LogP contribution in [0, 0.1) is 6.92 Å². The first-order valence-corrected chi connectivity index (χ1v) is 7.81. The number of nitrogens with one attached hydrogen (secondary N) is 3. The lowest BCUT2D eigenvalue weighted by Gasteiger charge is -2.22. The van der Waals surface area contributed by atoms with Crippen molar-refractivity contribution in [1.29, 1.82) is 0 Å². The smallest absolute Gasteiger partial charge is 0.260 e. The number of hydrogen-bond acceptors (Lipinski definition) is 5. The second-order valence-electron chi connectivity index (χ2n) is 4.70. The van der Waals surface area contributed by atoms with E-state index in [9.17, 15) is 8.42 Å². The minimum Gasteiger partial charge on any atom is -0.380 e. The maximum atomic E-state index is 12.3. The summed E-state index contributed by atoms with van der Waals surface area (Å²) in [6.07, 6.45) is 1.67. The van der Waals surface area contributed by atoms with Crippen LogP contribution in [0.5, 0.6) is 0 Å². The van der Waals surface area contributed by atoms with Crippen LogP contribution in [-0.2, 0) is 21.3 Å². The monoisotopic (exact) mass is 288 g/mol. The van der Waals surface area contributed by atoms with E-state index in [2.05, 4.69) is 20.2 Å².